The van der Waals surface area contributed by atoms with Gasteiger partial charge in [0, 0.05) is 18.6 Å². The van der Waals surface area contributed by atoms with E-state index in [-0.39, 0.29) is 6.03 Å². The van der Waals surface area contributed by atoms with Gasteiger partial charge in [0.05, 0.1) is 5.69 Å². The van der Waals surface area contributed by atoms with Crippen molar-refractivity contribution in [2.75, 3.05) is 11.9 Å². The summed E-state index contributed by atoms with van der Waals surface area (Å²) in [6.45, 7) is 3.90. The Bertz CT molecular complexity index is 534. The van der Waals surface area contributed by atoms with Gasteiger partial charge in [0.25, 0.3) is 0 Å². The van der Waals surface area contributed by atoms with Gasteiger partial charge in [0.1, 0.15) is 0 Å². The van der Waals surface area contributed by atoms with Crippen LogP contribution in [0.5, 0.6) is 0 Å². The number of hydrogen-bond donors (Lipinski definition) is 1. The van der Waals surface area contributed by atoms with E-state index in [4.69, 9.17) is 0 Å². The first-order valence-corrected chi connectivity index (χ1v) is 6.15. The molecule has 0 atom stereocenters. The van der Waals surface area contributed by atoms with Gasteiger partial charge in [-0.15, -0.1) is 0 Å². The van der Waals surface area contributed by atoms with Gasteiger partial charge in [-0.05, 0) is 30.2 Å². The molecular formula is C11H13N5OS. The number of hydrogen-bond acceptors (Lipinski definition) is 5. The lowest BCUT2D eigenvalue weighted by molar-refractivity contribution is 0.250. The number of amides is 2. The topological polar surface area (TPSA) is 71.0 Å². The van der Waals surface area contributed by atoms with Gasteiger partial charge in [-0.1, -0.05) is 27.8 Å². The van der Waals surface area contributed by atoms with E-state index in [0.717, 1.165) is 28.3 Å². The quantitative estimate of drug-likeness (QED) is 0.900. The molecule has 0 bridgehead atoms. The van der Waals surface area contributed by atoms with Crippen LogP contribution in [-0.2, 0) is 0 Å². The fourth-order valence-electron chi connectivity index (χ4n) is 1.77. The summed E-state index contributed by atoms with van der Waals surface area (Å²) in [6.07, 6.45) is 0. The second kappa shape index (κ2) is 5.09. The number of benzene rings is 1. The third-order valence-electron chi connectivity index (χ3n) is 2.56. The molecule has 1 aromatic carbocycles. The molecule has 0 aliphatic rings. The fraction of sp³-hybridized carbons (Fsp3) is 0.273. The van der Waals surface area contributed by atoms with Crippen LogP contribution in [0, 0.1) is 13.8 Å². The minimum Gasteiger partial charge on any atom is -0.340 e. The molecule has 0 spiro atoms. The highest BCUT2D eigenvalue weighted by Crippen LogP contribution is 2.31. The molecule has 1 N–H and O–H groups in total. The minimum absolute atomic E-state index is 0.258. The van der Waals surface area contributed by atoms with E-state index in [1.807, 2.05) is 32.0 Å². The highest BCUT2D eigenvalue weighted by atomic mass is 32.1. The van der Waals surface area contributed by atoms with Crippen molar-refractivity contribution in [3.63, 3.8) is 0 Å². The molecule has 6 nitrogen and oxygen atoms in total. The van der Waals surface area contributed by atoms with Crippen molar-refractivity contribution in [3.05, 3.63) is 29.3 Å². The molecule has 2 rings (SSSR count). The zero-order valence-corrected chi connectivity index (χ0v) is 11.2. The van der Waals surface area contributed by atoms with Crippen LogP contribution < -0.4 is 10.2 Å². The molecular weight excluding hydrogens is 250 g/mol. The lowest BCUT2D eigenvalue weighted by Gasteiger charge is -2.22. The monoisotopic (exact) mass is 263 g/mol. The number of aryl methyl sites for hydroxylation is 2. The maximum absolute atomic E-state index is 12.0. The first-order chi connectivity index (χ1) is 8.65. The van der Waals surface area contributed by atoms with Crippen LogP contribution in [-0.4, -0.2) is 27.9 Å². The Morgan fingerprint density at radius 1 is 1.33 bits per heavy atom. The third kappa shape index (κ3) is 2.17. The average molecular weight is 263 g/mol. The largest absolute Gasteiger partial charge is 0.340 e. The predicted octanol–water partition coefficient (Wildman–Crippen LogP) is 2.03. The van der Waals surface area contributed by atoms with Crippen molar-refractivity contribution >= 4 is 28.4 Å². The van der Waals surface area contributed by atoms with Crippen LogP contribution >= 0.6 is 11.5 Å². The van der Waals surface area contributed by atoms with Gasteiger partial charge < -0.3 is 5.32 Å². The Hall–Kier alpha value is -2.02. The molecule has 1 heterocycles. The summed E-state index contributed by atoms with van der Waals surface area (Å²) in [5, 5.41) is 10.5. The number of anilines is 2. The van der Waals surface area contributed by atoms with Crippen LogP contribution in [0.15, 0.2) is 18.2 Å². The van der Waals surface area contributed by atoms with E-state index in [0.29, 0.717) is 5.13 Å². The van der Waals surface area contributed by atoms with Crippen LogP contribution in [0.3, 0.4) is 0 Å². The smallest absolute Gasteiger partial charge is 0.328 e. The number of nitrogens with one attached hydrogen (secondary N) is 1. The van der Waals surface area contributed by atoms with Gasteiger partial charge in [0.15, 0.2) is 0 Å². The molecule has 0 fully saturated rings. The number of carbonyl (C=O) groups excluding carboxylic acids is 1. The van der Waals surface area contributed by atoms with E-state index < -0.39 is 0 Å². The Balaban J connectivity index is 2.57. The zero-order chi connectivity index (χ0) is 13.1. The third-order valence-corrected chi connectivity index (χ3v) is 3.14. The molecule has 18 heavy (non-hydrogen) atoms. The van der Waals surface area contributed by atoms with Crippen molar-refractivity contribution in [2.45, 2.75) is 13.8 Å². The molecule has 7 heteroatoms. The summed E-state index contributed by atoms with van der Waals surface area (Å²) in [7, 11) is 1.58. The molecule has 0 radical (unpaired) electrons. The van der Waals surface area contributed by atoms with Crippen LogP contribution in [0.2, 0.25) is 0 Å². The SMILES string of the molecule is CNC(=O)N(c1nnns1)c1c(C)cccc1C. The minimum atomic E-state index is -0.258. The maximum atomic E-state index is 12.0. The molecule has 0 saturated carbocycles. The summed E-state index contributed by atoms with van der Waals surface area (Å²) >= 11 is 1.08. The number of para-hydroxylation sites is 1. The van der Waals surface area contributed by atoms with E-state index in [2.05, 4.69) is 20.1 Å². The summed E-state index contributed by atoms with van der Waals surface area (Å²) in [5.41, 5.74) is 2.80. The second-order valence-corrected chi connectivity index (χ2v) is 4.49. The average Bonchev–Trinajstić information content (AvgIpc) is 2.86. The number of aromatic nitrogens is 3. The fourth-order valence-corrected chi connectivity index (χ4v) is 2.24. The van der Waals surface area contributed by atoms with Gasteiger partial charge in [0.2, 0.25) is 5.13 Å². The van der Waals surface area contributed by atoms with Gasteiger partial charge in [-0.3, -0.25) is 0 Å². The standard InChI is InChI=1S/C11H13N5OS/c1-7-5-4-6-8(2)9(7)16(10(17)12-3)11-13-14-15-18-11/h4-6H,1-3H3,(H,12,17). The summed E-state index contributed by atoms with van der Waals surface area (Å²) in [5.74, 6) is 0. The lowest BCUT2D eigenvalue weighted by atomic mass is 10.1. The number of rotatable bonds is 2. The molecule has 0 aliphatic heterocycles. The summed E-state index contributed by atoms with van der Waals surface area (Å²) in [6, 6.07) is 5.60. The van der Waals surface area contributed by atoms with Crippen molar-refractivity contribution in [2.24, 2.45) is 0 Å². The molecule has 2 aromatic rings. The van der Waals surface area contributed by atoms with E-state index in [9.17, 15) is 4.79 Å². The van der Waals surface area contributed by atoms with Crippen LogP contribution in [0.25, 0.3) is 0 Å². The number of carbonyl (C=O) groups is 1. The molecule has 0 saturated heterocycles. The van der Waals surface area contributed by atoms with Crippen molar-refractivity contribution in [1.82, 2.24) is 20.1 Å². The summed E-state index contributed by atoms with van der Waals surface area (Å²) < 4.78 is 3.70. The molecule has 2 amide bonds. The molecule has 0 aliphatic carbocycles. The lowest BCUT2D eigenvalue weighted by Crippen LogP contribution is -2.35. The van der Waals surface area contributed by atoms with Gasteiger partial charge >= 0.3 is 6.03 Å². The normalized spacial score (nSPS) is 10.2. The number of nitrogens with zero attached hydrogens (tertiary/aromatic N) is 4. The zero-order valence-electron chi connectivity index (χ0n) is 10.3. The molecule has 0 unspecified atom stereocenters. The highest BCUT2D eigenvalue weighted by molar-refractivity contribution is 7.09. The van der Waals surface area contributed by atoms with E-state index >= 15 is 0 Å². The van der Waals surface area contributed by atoms with E-state index in [1.165, 1.54) is 4.90 Å². The highest BCUT2D eigenvalue weighted by Gasteiger charge is 2.23. The Morgan fingerprint density at radius 2 is 2.00 bits per heavy atom. The van der Waals surface area contributed by atoms with Crippen molar-refractivity contribution < 1.29 is 4.79 Å². The molecule has 94 valence electrons. The van der Waals surface area contributed by atoms with Crippen LogP contribution in [0.1, 0.15) is 11.1 Å². The van der Waals surface area contributed by atoms with Crippen molar-refractivity contribution in [1.29, 1.82) is 0 Å². The second-order valence-electron chi connectivity index (χ2n) is 3.78. The number of urea groups is 1. The van der Waals surface area contributed by atoms with E-state index in [1.54, 1.807) is 7.05 Å². The van der Waals surface area contributed by atoms with Crippen LogP contribution in [0.4, 0.5) is 15.6 Å². The Morgan fingerprint density at radius 3 is 2.50 bits per heavy atom. The first-order valence-electron chi connectivity index (χ1n) is 5.38. The first kappa shape index (κ1) is 12.4. The molecule has 1 aromatic heterocycles. The Kier molecular flexibility index (Phi) is 3.52. The van der Waals surface area contributed by atoms with Gasteiger partial charge in [-0.2, -0.15) is 0 Å². The van der Waals surface area contributed by atoms with Gasteiger partial charge in [-0.25, -0.2) is 9.69 Å². The summed E-state index contributed by atoms with van der Waals surface area (Å²) in [4.78, 5) is 13.5. The Labute approximate surface area is 109 Å². The predicted molar refractivity (Wildman–Crippen MR) is 70.2 cm³/mol. The maximum Gasteiger partial charge on any atom is 0.328 e. The van der Waals surface area contributed by atoms with Crippen molar-refractivity contribution in [3.8, 4) is 0 Å².